The highest BCUT2D eigenvalue weighted by atomic mass is 16.2. The molecule has 1 unspecified atom stereocenters. The van der Waals surface area contributed by atoms with Crippen molar-refractivity contribution in [3.63, 3.8) is 0 Å². The molecule has 2 N–H and O–H groups in total. The number of aromatic nitrogens is 2. The van der Waals surface area contributed by atoms with E-state index in [-0.39, 0.29) is 11.8 Å². The first-order valence-corrected chi connectivity index (χ1v) is 12.4. The second-order valence-corrected chi connectivity index (χ2v) is 10.1. The highest BCUT2D eigenvalue weighted by Gasteiger charge is 2.28. The van der Waals surface area contributed by atoms with Gasteiger partial charge in [0.15, 0.2) is 0 Å². The highest BCUT2D eigenvalue weighted by molar-refractivity contribution is 5.86. The van der Waals surface area contributed by atoms with Gasteiger partial charge in [0.1, 0.15) is 0 Å². The summed E-state index contributed by atoms with van der Waals surface area (Å²) in [4.78, 5) is 22.0. The molecule has 1 saturated heterocycles. The average molecular weight is 439 g/mol. The summed E-state index contributed by atoms with van der Waals surface area (Å²) in [5.74, 6) is 2.63. The van der Waals surface area contributed by atoms with Gasteiger partial charge in [-0.05, 0) is 93.8 Å². The van der Waals surface area contributed by atoms with Gasteiger partial charge < -0.3 is 5.32 Å². The molecule has 174 valence electrons. The van der Waals surface area contributed by atoms with Crippen LogP contribution in [0.25, 0.3) is 10.9 Å². The number of imide groups is 1. The standard InChI is InChI=1S/C26H38N4O2/c1-18(3-10-25(32)28-17-31)26-23-9-6-20(16-24(23)30(2)29-26)15-19-4-7-21(8-5-19)22-11-13-27-14-12-22/h6,9,16-19,21-22,27H,3-5,7-8,10-15H2,1-2H3,(H,28,31,32). The van der Waals surface area contributed by atoms with Crippen molar-refractivity contribution in [2.45, 2.75) is 70.6 Å². The Balaban J connectivity index is 1.36. The number of carbonyl (C=O) groups excluding carboxylic acids is 2. The lowest BCUT2D eigenvalue weighted by molar-refractivity contribution is -0.125. The first-order chi connectivity index (χ1) is 15.5. The van der Waals surface area contributed by atoms with Crippen LogP contribution < -0.4 is 10.6 Å². The number of piperidine rings is 1. The summed E-state index contributed by atoms with van der Waals surface area (Å²) < 4.78 is 1.98. The zero-order valence-corrected chi connectivity index (χ0v) is 19.6. The summed E-state index contributed by atoms with van der Waals surface area (Å²) in [6.45, 7) is 4.52. The van der Waals surface area contributed by atoms with Crippen molar-refractivity contribution in [2.75, 3.05) is 13.1 Å². The van der Waals surface area contributed by atoms with Gasteiger partial charge in [0.05, 0.1) is 11.2 Å². The second-order valence-electron chi connectivity index (χ2n) is 10.1. The molecule has 1 aliphatic heterocycles. The molecule has 1 atom stereocenters. The van der Waals surface area contributed by atoms with E-state index in [1.807, 2.05) is 11.7 Å². The lowest BCUT2D eigenvalue weighted by atomic mass is 9.72. The lowest BCUT2D eigenvalue weighted by Crippen LogP contribution is -2.33. The number of carbonyl (C=O) groups is 2. The molecule has 2 amide bonds. The Morgan fingerprint density at radius 1 is 1.19 bits per heavy atom. The van der Waals surface area contributed by atoms with Crippen LogP contribution in [0.5, 0.6) is 0 Å². The summed E-state index contributed by atoms with van der Waals surface area (Å²) in [5.41, 5.74) is 3.62. The quantitative estimate of drug-likeness (QED) is 0.609. The van der Waals surface area contributed by atoms with Crippen molar-refractivity contribution in [1.82, 2.24) is 20.4 Å². The first-order valence-electron chi connectivity index (χ1n) is 12.4. The van der Waals surface area contributed by atoms with Crippen LogP contribution in [0.2, 0.25) is 0 Å². The minimum absolute atomic E-state index is 0.159. The third kappa shape index (κ3) is 5.40. The van der Waals surface area contributed by atoms with Crippen molar-refractivity contribution < 1.29 is 9.59 Å². The van der Waals surface area contributed by atoms with Crippen molar-refractivity contribution in [3.8, 4) is 0 Å². The molecule has 1 aromatic carbocycles. The number of fused-ring (bicyclic) bond motifs is 1. The molecule has 6 heteroatoms. The molecular weight excluding hydrogens is 400 g/mol. The number of benzene rings is 1. The Morgan fingerprint density at radius 3 is 2.62 bits per heavy atom. The van der Waals surface area contributed by atoms with E-state index in [1.54, 1.807) is 0 Å². The van der Waals surface area contributed by atoms with Gasteiger partial charge in [-0.2, -0.15) is 5.10 Å². The number of hydrogen-bond donors (Lipinski definition) is 2. The number of hydrogen-bond acceptors (Lipinski definition) is 4. The topological polar surface area (TPSA) is 76.0 Å². The van der Waals surface area contributed by atoms with Gasteiger partial charge in [0.25, 0.3) is 0 Å². The van der Waals surface area contributed by atoms with E-state index in [9.17, 15) is 9.59 Å². The van der Waals surface area contributed by atoms with E-state index in [0.29, 0.717) is 19.3 Å². The molecule has 6 nitrogen and oxygen atoms in total. The maximum atomic E-state index is 11.6. The fourth-order valence-electron chi connectivity index (χ4n) is 5.96. The van der Waals surface area contributed by atoms with Crippen molar-refractivity contribution in [3.05, 3.63) is 29.5 Å². The highest BCUT2D eigenvalue weighted by Crippen LogP contribution is 2.38. The van der Waals surface area contributed by atoms with Crippen LogP contribution in [0.4, 0.5) is 0 Å². The third-order valence-electron chi connectivity index (χ3n) is 7.90. The number of nitrogens with zero attached hydrogens (tertiary/aromatic N) is 2. The van der Waals surface area contributed by atoms with E-state index in [2.05, 4.69) is 35.8 Å². The van der Waals surface area contributed by atoms with Gasteiger partial charge in [-0.25, -0.2) is 0 Å². The third-order valence-corrected chi connectivity index (χ3v) is 7.90. The summed E-state index contributed by atoms with van der Waals surface area (Å²) >= 11 is 0. The summed E-state index contributed by atoms with van der Waals surface area (Å²) in [6, 6.07) is 6.81. The maximum Gasteiger partial charge on any atom is 0.226 e. The van der Waals surface area contributed by atoms with Crippen molar-refractivity contribution >= 4 is 23.2 Å². The van der Waals surface area contributed by atoms with Crippen LogP contribution >= 0.6 is 0 Å². The van der Waals surface area contributed by atoms with Gasteiger partial charge in [-0.15, -0.1) is 0 Å². The van der Waals surface area contributed by atoms with Crippen molar-refractivity contribution in [1.29, 1.82) is 0 Å². The maximum absolute atomic E-state index is 11.6. The normalized spacial score (nSPS) is 23.2. The molecule has 2 aliphatic rings. The van der Waals surface area contributed by atoms with E-state index in [4.69, 9.17) is 5.10 Å². The molecule has 0 bridgehead atoms. The molecule has 1 aromatic heterocycles. The van der Waals surface area contributed by atoms with E-state index >= 15 is 0 Å². The van der Waals surface area contributed by atoms with Gasteiger partial charge in [0.2, 0.25) is 12.3 Å². The predicted octanol–water partition coefficient (Wildman–Crippen LogP) is 4.08. The molecule has 1 aliphatic carbocycles. The smallest absolute Gasteiger partial charge is 0.226 e. The summed E-state index contributed by atoms with van der Waals surface area (Å²) in [7, 11) is 2.01. The van der Waals surface area contributed by atoms with E-state index in [1.165, 1.54) is 68.1 Å². The number of rotatable bonds is 8. The Bertz CT molecular complexity index is 923. The van der Waals surface area contributed by atoms with Gasteiger partial charge in [0, 0.05) is 24.8 Å². The number of aryl methyl sites for hydroxylation is 1. The van der Waals surface area contributed by atoms with Crippen LogP contribution in [-0.2, 0) is 23.1 Å². The van der Waals surface area contributed by atoms with Crippen LogP contribution in [0, 0.1) is 17.8 Å². The van der Waals surface area contributed by atoms with Gasteiger partial charge >= 0.3 is 0 Å². The fraction of sp³-hybridized carbons (Fsp3) is 0.654. The number of nitrogens with one attached hydrogen (secondary N) is 2. The molecule has 0 radical (unpaired) electrons. The van der Waals surface area contributed by atoms with Crippen LogP contribution in [0.15, 0.2) is 18.2 Å². The van der Waals surface area contributed by atoms with E-state index < -0.39 is 0 Å². The minimum Gasteiger partial charge on any atom is -0.317 e. The molecule has 0 spiro atoms. The Labute approximate surface area is 191 Å². The van der Waals surface area contributed by atoms with Crippen molar-refractivity contribution in [2.24, 2.45) is 24.8 Å². The van der Waals surface area contributed by atoms with Crippen LogP contribution in [0.1, 0.15) is 75.5 Å². The zero-order valence-electron chi connectivity index (χ0n) is 19.6. The van der Waals surface area contributed by atoms with Gasteiger partial charge in [-0.3, -0.25) is 19.6 Å². The Morgan fingerprint density at radius 2 is 1.91 bits per heavy atom. The molecule has 1 saturated carbocycles. The minimum atomic E-state index is -0.232. The largest absolute Gasteiger partial charge is 0.317 e. The molecule has 2 heterocycles. The van der Waals surface area contributed by atoms with Gasteiger partial charge in [-0.1, -0.05) is 19.1 Å². The Kier molecular flexibility index (Phi) is 7.61. The SMILES string of the molecule is CC(CCC(=O)NC=O)c1nn(C)c2cc(CC3CCC(C4CCNCC4)CC3)ccc12. The molecule has 2 aromatic rings. The lowest BCUT2D eigenvalue weighted by Gasteiger charge is -2.36. The fourth-order valence-corrected chi connectivity index (χ4v) is 5.96. The molecule has 4 rings (SSSR count). The predicted molar refractivity (Wildman–Crippen MR) is 127 cm³/mol. The Hall–Kier alpha value is -2.21. The monoisotopic (exact) mass is 438 g/mol. The second kappa shape index (κ2) is 10.6. The summed E-state index contributed by atoms with van der Waals surface area (Å²) in [5, 5.41) is 11.7. The number of amides is 2. The summed E-state index contributed by atoms with van der Waals surface area (Å²) in [6.07, 6.45) is 10.9. The van der Waals surface area contributed by atoms with Crippen LogP contribution in [-0.4, -0.2) is 35.2 Å². The molecular formula is C26H38N4O2. The average Bonchev–Trinajstić information content (AvgIpc) is 3.15. The molecule has 2 fully saturated rings. The first kappa shape index (κ1) is 23.0. The molecule has 32 heavy (non-hydrogen) atoms. The zero-order chi connectivity index (χ0) is 22.5. The van der Waals surface area contributed by atoms with E-state index in [0.717, 1.165) is 29.9 Å². The van der Waals surface area contributed by atoms with Crippen LogP contribution in [0.3, 0.4) is 0 Å².